The molecule has 1 aliphatic rings. The van der Waals surface area contributed by atoms with Gasteiger partial charge in [0.15, 0.2) is 6.17 Å². The SMILES string of the molecule is CCN(C(=O)C(N1CCN(C)CC1)n1cc(-c2ccnc3ccccc23)c(-c2cccc(C)n2)n1)c1cc(F)cc(C(=O)O)c1. The lowest BCUT2D eigenvalue weighted by atomic mass is 10.0. The quantitative estimate of drug-likeness (QED) is 0.260. The molecule has 11 heteroatoms. The Balaban J connectivity index is 1.53. The number of hydrogen-bond donors (Lipinski definition) is 1. The van der Waals surface area contributed by atoms with Crippen LogP contribution in [0, 0.1) is 12.7 Å². The highest BCUT2D eigenvalue weighted by Gasteiger charge is 2.35. The number of carboxylic acids is 1. The number of aromatic nitrogens is 4. The summed E-state index contributed by atoms with van der Waals surface area (Å²) >= 11 is 0. The summed E-state index contributed by atoms with van der Waals surface area (Å²) in [6.07, 6.45) is 2.75. The van der Waals surface area contributed by atoms with Crippen LogP contribution in [-0.4, -0.2) is 86.3 Å². The summed E-state index contributed by atoms with van der Waals surface area (Å²) in [6, 6.07) is 19.0. The van der Waals surface area contributed by atoms with E-state index in [-0.39, 0.29) is 23.7 Å². The highest BCUT2D eigenvalue weighted by atomic mass is 19.1. The van der Waals surface area contributed by atoms with Gasteiger partial charge >= 0.3 is 5.97 Å². The van der Waals surface area contributed by atoms with Crippen LogP contribution in [0.1, 0.15) is 29.1 Å². The summed E-state index contributed by atoms with van der Waals surface area (Å²) in [6.45, 7) is 6.58. The highest BCUT2D eigenvalue weighted by Crippen LogP contribution is 2.36. The largest absolute Gasteiger partial charge is 0.478 e. The number of aromatic carboxylic acids is 1. The third-order valence-electron chi connectivity index (χ3n) is 8.18. The molecule has 0 aliphatic carbocycles. The molecule has 230 valence electrons. The number of anilines is 1. The summed E-state index contributed by atoms with van der Waals surface area (Å²) in [5.41, 5.74) is 4.57. The second-order valence-corrected chi connectivity index (χ2v) is 11.2. The number of fused-ring (bicyclic) bond motifs is 1. The van der Waals surface area contributed by atoms with Gasteiger partial charge in [-0.2, -0.15) is 5.10 Å². The molecule has 10 nitrogen and oxygen atoms in total. The average molecular weight is 608 g/mol. The standard InChI is InChI=1S/C34H34FN7O3/c1-4-41(25-19-23(34(44)45)18-24(35)20-25)33(43)32(40-16-14-39(3)15-17-40)42-21-28(31(38-42)30-11-7-8-22(2)37-30)26-12-13-36-29-10-6-5-9-27(26)29/h5-13,18-21,32H,4,14-17H2,1-3H3,(H,44,45). The highest BCUT2D eigenvalue weighted by molar-refractivity contribution is 5.99. The van der Waals surface area contributed by atoms with Crippen molar-refractivity contribution in [3.8, 4) is 22.5 Å². The summed E-state index contributed by atoms with van der Waals surface area (Å²) in [7, 11) is 2.04. The van der Waals surface area contributed by atoms with Crippen LogP contribution in [0.25, 0.3) is 33.4 Å². The second-order valence-electron chi connectivity index (χ2n) is 11.2. The van der Waals surface area contributed by atoms with Crippen LogP contribution in [0.3, 0.4) is 0 Å². The van der Waals surface area contributed by atoms with Gasteiger partial charge in [0, 0.05) is 67.4 Å². The van der Waals surface area contributed by atoms with Crippen molar-refractivity contribution >= 4 is 28.5 Å². The molecule has 6 rings (SSSR count). The van der Waals surface area contributed by atoms with Gasteiger partial charge in [0.05, 0.1) is 16.8 Å². The van der Waals surface area contributed by atoms with E-state index < -0.39 is 18.0 Å². The van der Waals surface area contributed by atoms with Gasteiger partial charge in [-0.15, -0.1) is 0 Å². The molecule has 0 spiro atoms. The number of likely N-dealkylation sites (N-methyl/N-ethyl adjacent to an activating group) is 2. The summed E-state index contributed by atoms with van der Waals surface area (Å²) in [5, 5.41) is 15.6. The van der Waals surface area contributed by atoms with Crippen molar-refractivity contribution in [3.05, 3.63) is 96.2 Å². The van der Waals surface area contributed by atoms with Crippen molar-refractivity contribution in [1.82, 2.24) is 29.5 Å². The number of hydrogen-bond acceptors (Lipinski definition) is 7. The molecule has 1 saturated heterocycles. The van der Waals surface area contributed by atoms with Crippen LogP contribution < -0.4 is 4.90 Å². The number of nitrogens with zero attached hydrogens (tertiary/aromatic N) is 7. The van der Waals surface area contributed by atoms with E-state index in [0.717, 1.165) is 46.9 Å². The number of carbonyl (C=O) groups excluding carboxylic acids is 1. The number of piperazine rings is 1. The first kappa shape index (κ1) is 30.0. The predicted molar refractivity (Wildman–Crippen MR) is 170 cm³/mol. The van der Waals surface area contributed by atoms with Crippen LogP contribution in [-0.2, 0) is 4.79 Å². The van der Waals surface area contributed by atoms with E-state index in [4.69, 9.17) is 10.1 Å². The molecular formula is C34H34FN7O3. The van der Waals surface area contributed by atoms with E-state index in [1.807, 2.05) is 68.7 Å². The van der Waals surface area contributed by atoms with Gasteiger partial charge in [0.1, 0.15) is 11.5 Å². The molecule has 1 amide bonds. The van der Waals surface area contributed by atoms with Crippen molar-refractivity contribution < 1.29 is 19.1 Å². The predicted octanol–water partition coefficient (Wildman–Crippen LogP) is 5.11. The Bertz CT molecular complexity index is 1880. The van der Waals surface area contributed by atoms with Gasteiger partial charge in [0.25, 0.3) is 5.91 Å². The van der Waals surface area contributed by atoms with E-state index in [0.29, 0.717) is 24.5 Å². The van der Waals surface area contributed by atoms with Crippen LogP contribution in [0.4, 0.5) is 10.1 Å². The third-order valence-corrected chi connectivity index (χ3v) is 8.18. The number of carbonyl (C=O) groups is 2. The minimum atomic E-state index is -1.27. The number of benzene rings is 2. The summed E-state index contributed by atoms with van der Waals surface area (Å²) < 4.78 is 16.3. The van der Waals surface area contributed by atoms with E-state index in [2.05, 4.69) is 14.8 Å². The summed E-state index contributed by atoms with van der Waals surface area (Å²) in [5.74, 6) is -2.35. The molecule has 1 atom stereocenters. The molecular weight excluding hydrogens is 573 g/mol. The van der Waals surface area contributed by atoms with Crippen LogP contribution >= 0.6 is 0 Å². The van der Waals surface area contributed by atoms with Crippen LogP contribution in [0.2, 0.25) is 0 Å². The Morgan fingerprint density at radius 1 is 1.00 bits per heavy atom. The molecule has 1 unspecified atom stereocenters. The van der Waals surface area contributed by atoms with Gasteiger partial charge in [-0.1, -0.05) is 24.3 Å². The fraction of sp³-hybridized carbons (Fsp3) is 0.265. The number of rotatable bonds is 8. The molecule has 45 heavy (non-hydrogen) atoms. The molecule has 4 heterocycles. The molecule has 1 aliphatic heterocycles. The lowest BCUT2D eigenvalue weighted by Crippen LogP contribution is -2.52. The van der Waals surface area contributed by atoms with Crippen molar-refractivity contribution in [2.45, 2.75) is 20.0 Å². The molecule has 5 aromatic rings. The van der Waals surface area contributed by atoms with Gasteiger partial charge in [0.2, 0.25) is 0 Å². The maximum Gasteiger partial charge on any atom is 0.335 e. The number of para-hydroxylation sites is 1. The van der Waals surface area contributed by atoms with E-state index in [1.54, 1.807) is 17.8 Å². The third kappa shape index (κ3) is 6.04. The Morgan fingerprint density at radius 3 is 2.51 bits per heavy atom. The van der Waals surface area contributed by atoms with Gasteiger partial charge in [-0.05, 0) is 68.9 Å². The normalized spacial score (nSPS) is 14.8. The van der Waals surface area contributed by atoms with E-state index in [1.165, 1.54) is 17.0 Å². The lowest BCUT2D eigenvalue weighted by molar-refractivity contribution is -0.128. The molecule has 0 bridgehead atoms. The molecule has 1 fully saturated rings. The van der Waals surface area contributed by atoms with Crippen molar-refractivity contribution in [1.29, 1.82) is 0 Å². The van der Waals surface area contributed by atoms with Crippen molar-refractivity contribution in [3.63, 3.8) is 0 Å². The van der Waals surface area contributed by atoms with Crippen molar-refractivity contribution in [2.75, 3.05) is 44.7 Å². The van der Waals surface area contributed by atoms with E-state index >= 15 is 0 Å². The average Bonchev–Trinajstić information content (AvgIpc) is 3.46. The Morgan fingerprint density at radius 2 is 1.78 bits per heavy atom. The Labute approximate surface area is 260 Å². The zero-order valence-corrected chi connectivity index (χ0v) is 25.4. The number of pyridine rings is 2. The zero-order chi connectivity index (χ0) is 31.7. The molecule has 0 radical (unpaired) electrons. The maximum atomic E-state index is 14.6. The second kappa shape index (κ2) is 12.5. The van der Waals surface area contributed by atoms with Gasteiger partial charge in [-0.3, -0.25) is 19.7 Å². The van der Waals surface area contributed by atoms with Crippen molar-refractivity contribution in [2.24, 2.45) is 0 Å². The maximum absolute atomic E-state index is 14.6. The van der Waals surface area contributed by atoms with Crippen LogP contribution in [0.5, 0.6) is 0 Å². The number of halogens is 1. The fourth-order valence-corrected chi connectivity index (χ4v) is 5.87. The minimum Gasteiger partial charge on any atom is -0.478 e. The first-order valence-corrected chi connectivity index (χ1v) is 14.9. The first-order valence-electron chi connectivity index (χ1n) is 14.9. The summed E-state index contributed by atoms with van der Waals surface area (Å²) in [4.78, 5) is 41.4. The first-order chi connectivity index (χ1) is 21.7. The topological polar surface area (TPSA) is 108 Å². The Kier molecular flexibility index (Phi) is 8.38. The fourth-order valence-electron chi connectivity index (χ4n) is 5.87. The number of carboxylic acid groups (broad SMARTS) is 1. The molecule has 1 N–H and O–H groups in total. The number of amides is 1. The van der Waals surface area contributed by atoms with E-state index in [9.17, 15) is 19.1 Å². The Hall–Kier alpha value is -5.00. The van der Waals surface area contributed by atoms with Gasteiger partial charge in [-0.25, -0.2) is 13.9 Å². The molecule has 3 aromatic heterocycles. The molecule has 2 aromatic carbocycles. The monoisotopic (exact) mass is 607 g/mol. The minimum absolute atomic E-state index is 0.173. The smallest absolute Gasteiger partial charge is 0.335 e. The zero-order valence-electron chi connectivity index (χ0n) is 25.4. The lowest BCUT2D eigenvalue weighted by Gasteiger charge is -2.39. The van der Waals surface area contributed by atoms with Gasteiger partial charge < -0.3 is 14.9 Å². The number of aryl methyl sites for hydroxylation is 1. The molecule has 0 saturated carbocycles. The van der Waals surface area contributed by atoms with Crippen LogP contribution in [0.15, 0.2) is 79.1 Å².